The molecular formula is C40H39N3. The van der Waals surface area contributed by atoms with Crippen LogP contribution in [0.4, 0.5) is 5.82 Å². The number of nitrogens with zero attached hydrogens (tertiary/aromatic N) is 2. The molecule has 1 N–H and O–H groups in total. The van der Waals surface area contributed by atoms with Crippen LogP contribution in [0.15, 0.2) is 131 Å². The molecule has 0 saturated carbocycles. The molecule has 1 aromatic heterocycles. The molecule has 5 aromatic rings. The Morgan fingerprint density at radius 3 is 1.60 bits per heavy atom. The number of aromatic nitrogens is 1. The Hall–Kier alpha value is -4.76. The minimum atomic E-state index is 0.0841. The Labute approximate surface area is 255 Å². The normalized spacial score (nSPS) is 14.6. The molecule has 0 bridgehead atoms. The predicted molar refractivity (Wildman–Crippen MR) is 184 cm³/mol. The maximum Gasteiger partial charge on any atom is 0.162 e. The minimum absolute atomic E-state index is 0.0841. The molecule has 6 rings (SSSR count). The average molecular weight is 562 g/mol. The number of rotatable bonds is 5. The topological polar surface area (TPSA) is 40.5 Å². The zero-order valence-electron chi connectivity index (χ0n) is 25.9. The van der Waals surface area contributed by atoms with Gasteiger partial charge in [-0.25, -0.2) is 9.98 Å². The summed E-state index contributed by atoms with van der Waals surface area (Å²) in [4.78, 5) is 14.0. The lowest BCUT2D eigenvalue weighted by Crippen LogP contribution is -2.10. The third-order valence-corrected chi connectivity index (χ3v) is 8.04. The summed E-state index contributed by atoms with van der Waals surface area (Å²) in [6, 6.07) is 40.7. The smallest absolute Gasteiger partial charge is 0.162 e. The number of amidine groups is 1. The summed E-state index contributed by atoms with van der Waals surface area (Å²) in [5.41, 5.74) is 11.2. The summed E-state index contributed by atoms with van der Waals surface area (Å²) < 4.78 is 0. The quantitative estimate of drug-likeness (QED) is 0.222. The molecule has 0 saturated heterocycles. The molecule has 43 heavy (non-hydrogen) atoms. The number of hydrogen-bond acceptors (Lipinski definition) is 1. The van der Waals surface area contributed by atoms with E-state index in [9.17, 15) is 0 Å². The second kappa shape index (κ2) is 11.1. The third-order valence-electron chi connectivity index (χ3n) is 8.04. The van der Waals surface area contributed by atoms with Gasteiger partial charge in [0, 0.05) is 22.4 Å². The van der Waals surface area contributed by atoms with Crippen molar-refractivity contribution in [3.8, 4) is 22.4 Å². The Morgan fingerprint density at radius 1 is 0.558 bits per heavy atom. The summed E-state index contributed by atoms with van der Waals surface area (Å²) in [5, 5.41) is 0. The van der Waals surface area contributed by atoms with Crippen molar-refractivity contribution in [3.05, 3.63) is 144 Å². The maximum absolute atomic E-state index is 5.26. The van der Waals surface area contributed by atoms with Crippen LogP contribution < -0.4 is 0 Å². The van der Waals surface area contributed by atoms with Gasteiger partial charge in [-0.1, -0.05) is 151 Å². The van der Waals surface area contributed by atoms with E-state index >= 15 is 0 Å². The standard InChI is InChI=1S/C40H39N3/c1-39(2,3)31-21-17-27(18-22-31)33-25-35(29-13-9-7-10-14-29)41-37(33)43-38-34(26-36(42-38)30-15-11-8-12-16-30)28-19-23-32(24-20-28)40(4,5)6/h7-26,41H,1-6H3/b43-38-. The van der Waals surface area contributed by atoms with Crippen molar-refractivity contribution in [2.75, 3.05) is 0 Å². The number of aliphatic imine (C=N–C) groups is 2. The molecule has 0 unspecified atom stereocenters. The number of nitrogens with one attached hydrogen (secondary N) is 1. The van der Waals surface area contributed by atoms with Gasteiger partial charge in [0.1, 0.15) is 5.82 Å². The molecule has 0 fully saturated rings. The van der Waals surface area contributed by atoms with E-state index in [-0.39, 0.29) is 10.8 Å². The maximum atomic E-state index is 5.26. The van der Waals surface area contributed by atoms with Gasteiger partial charge < -0.3 is 4.98 Å². The molecule has 0 spiro atoms. The van der Waals surface area contributed by atoms with Crippen molar-refractivity contribution >= 4 is 22.9 Å². The van der Waals surface area contributed by atoms with Gasteiger partial charge in [-0.05, 0) is 50.8 Å². The monoisotopic (exact) mass is 561 g/mol. The van der Waals surface area contributed by atoms with Crippen molar-refractivity contribution in [2.24, 2.45) is 9.98 Å². The van der Waals surface area contributed by atoms with E-state index in [1.54, 1.807) is 0 Å². The van der Waals surface area contributed by atoms with E-state index in [4.69, 9.17) is 9.98 Å². The first kappa shape index (κ1) is 28.4. The Balaban J connectivity index is 1.49. The molecule has 1 aliphatic rings. The lowest BCUT2D eigenvalue weighted by Gasteiger charge is -2.19. The number of hydrogen-bond donors (Lipinski definition) is 1. The highest BCUT2D eigenvalue weighted by atomic mass is 15.0. The van der Waals surface area contributed by atoms with E-state index in [0.717, 1.165) is 50.6 Å². The summed E-state index contributed by atoms with van der Waals surface area (Å²) in [5.74, 6) is 1.50. The summed E-state index contributed by atoms with van der Waals surface area (Å²) in [6.07, 6.45) is 2.17. The fourth-order valence-corrected chi connectivity index (χ4v) is 5.39. The van der Waals surface area contributed by atoms with Gasteiger partial charge >= 0.3 is 0 Å². The van der Waals surface area contributed by atoms with Crippen LogP contribution in [-0.4, -0.2) is 16.5 Å². The molecule has 214 valence electrons. The fourth-order valence-electron chi connectivity index (χ4n) is 5.39. The van der Waals surface area contributed by atoms with Crippen LogP contribution in [0.3, 0.4) is 0 Å². The van der Waals surface area contributed by atoms with Gasteiger partial charge in [0.2, 0.25) is 0 Å². The second-order valence-corrected chi connectivity index (χ2v) is 13.3. The fraction of sp³-hybridized carbons (Fsp3) is 0.200. The van der Waals surface area contributed by atoms with Crippen LogP contribution in [0.2, 0.25) is 0 Å². The van der Waals surface area contributed by atoms with Crippen LogP contribution >= 0.6 is 0 Å². The Bertz CT molecular complexity index is 1820. The first-order chi connectivity index (χ1) is 20.6. The Morgan fingerprint density at radius 2 is 1.07 bits per heavy atom. The highest BCUT2D eigenvalue weighted by Crippen LogP contribution is 2.38. The SMILES string of the molecule is CC(C)(C)c1ccc(C2=CC(c3ccccc3)=N/C2=N\c2[nH]c(-c3ccccc3)cc2-c2ccc(C(C)(C)C)cc2)cc1. The molecule has 2 heterocycles. The molecule has 1 aliphatic heterocycles. The summed E-state index contributed by atoms with van der Waals surface area (Å²) >= 11 is 0. The molecule has 0 amide bonds. The highest BCUT2D eigenvalue weighted by Gasteiger charge is 2.22. The van der Waals surface area contributed by atoms with Gasteiger partial charge in [-0.2, -0.15) is 0 Å². The van der Waals surface area contributed by atoms with Gasteiger partial charge in [-0.3, -0.25) is 0 Å². The molecule has 0 atom stereocenters. The van der Waals surface area contributed by atoms with Gasteiger partial charge in [0.15, 0.2) is 5.84 Å². The molecule has 3 heteroatoms. The lowest BCUT2D eigenvalue weighted by atomic mass is 9.86. The van der Waals surface area contributed by atoms with Crippen LogP contribution in [0.25, 0.3) is 28.0 Å². The first-order valence-electron chi connectivity index (χ1n) is 15.0. The van der Waals surface area contributed by atoms with E-state index in [1.165, 1.54) is 11.1 Å². The molecule has 4 aromatic carbocycles. The molecule has 3 nitrogen and oxygen atoms in total. The van der Waals surface area contributed by atoms with Gasteiger partial charge in [-0.15, -0.1) is 0 Å². The first-order valence-corrected chi connectivity index (χ1v) is 15.0. The van der Waals surface area contributed by atoms with Crippen molar-refractivity contribution in [3.63, 3.8) is 0 Å². The zero-order valence-corrected chi connectivity index (χ0v) is 25.9. The van der Waals surface area contributed by atoms with Crippen molar-refractivity contribution < 1.29 is 0 Å². The number of allylic oxidation sites excluding steroid dienone is 1. The number of H-pyrrole nitrogens is 1. The van der Waals surface area contributed by atoms with Crippen LogP contribution in [0.1, 0.15) is 63.8 Å². The number of benzene rings is 4. The van der Waals surface area contributed by atoms with Gasteiger partial charge in [0.25, 0.3) is 0 Å². The van der Waals surface area contributed by atoms with E-state index in [1.807, 2.05) is 12.1 Å². The Kier molecular flexibility index (Phi) is 7.35. The summed E-state index contributed by atoms with van der Waals surface area (Å²) in [7, 11) is 0. The van der Waals surface area contributed by atoms with E-state index in [0.29, 0.717) is 5.84 Å². The van der Waals surface area contributed by atoms with Crippen molar-refractivity contribution in [1.29, 1.82) is 0 Å². The predicted octanol–water partition coefficient (Wildman–Crippen LogP) is 10.6. The second-order valence-electron chi connectivity index (χ2n) is 13.3. The largest absolute Gasteiger partial charge is 0.339 e. The highest BCUT2D eigenvalue weighted by molar-refractivity contribution is 6.38. The van der Waals surface area contributed by atoms with Crippen molar-refractivity contribution in [2.45, 2.75) is 52.4 Å². The molecule has 0 aliphatic carbocycles. The molecular weight excluding hydrogens is 522 g/mol. The lowest BCUT2D eigenvalue weighted by molar-refractivity contribution is 0.590. The number of aromatic amines is 1. The average Bonchev–Trinajstić information content (AvgIpc) is 3.62. The molecule has 0 radical (unpaired) electrons. The van der Waals surface area contributed by atoms with Crippen LogP contribution in [-0.2, 0) is 10.8 Å². The van der Waals surface area contributed by atoms with Gasteiger partial charge in [0.05, 0.1) is 5.71 Å². The van der Waals surface area contributed by atoms with Crippen molar-refractivity contribution in [1.82, 2.24) is 4.98 Å². The third kappa shape index (κ3) is 6.08. The minimum Gasteiger partial charge on any atom is -0.339 e. The zero-order chi connectivity index (χ0) is 30.2. The van der Waals surface area contributed by atoms with E-state index < -0.39 is 0 Å². The van der Waals surface area contributed by atoms with E-state index in [2.05, 4.69) is 156 Å². The van der Waals surface area contributed by atoms with Crippen LogP contribution in [0.5, 0.6) is 0 Å². The van der Waals surface area contributed by atoms with Crippen LogP contribution in [0, 0.1) is 0 Å². The summed E-state index contributed by atoms with van der Waals surface area (Å²) in [6.45, 7) is 13.5.